The van der Waals surface area contributed by atoms with Crippen LogP contribution in [0, 0.1) is 17.8 Å². The van der Waals surface area contributed by atoms with Crippen LogP contribution in [0.5, 0.6) is 0 Å². The van der Waals surface area contributed by atoms with Crippen molar-refractivity contribution in [2.24, 2.45) is 17.8 Å². The highest BCUT2D eigenvalue weighted by atomic mass is 16.6. The van der Waals surface area contributed by atoms with E-state index in [1.165, 1.54) is 141 Å². The van der Waals surface area contributed by atoms with Gasteiger partial charge in [-0.05, 0) is 37.0 Å². The highest BCUT2D eigenvalue weighted by Crippen LogP contribution is 2.17. The van der Waals surface area contributed by atoms with Crippen LogP contribution in [0.25, 0.3) is 0 Å². The molecule has 0 aliphatic carbocycles. The molecule has 0 aromatic carbocycles. The SMILES string of the molecule is CCC(C)CCCCCCCCCCC(=O)OC[C@@H](COC(=O)CCCCCCCCCCC(C)C)OC(=O)CCCCCCCCCCCCCC(C)C. The monoisotopic (exact) mass is 779 g/mol. The van der Waals surface area contributed by atoms with Crippen molar-refractivity contribution in [1.82, 2.24) is 0 Å². The first-order chi connectivity index (χ1) is 26.6. The Hall–Kier alpha value is -1.59. The van der Waals surface area contributed by atoms with Gasteiger partial charge in [-0.2, -0.15) is 0 Å². The van der Waals surface area contributed by atoms with Crippen LogP contribution in [0.4, 0.5) is 0 Å². The standard InChI is InChI=1S/C49H94O6/c1-7-45(6)37-31-25-19-14-16-21-27-33-39-48(51)54-42-46(41-53-47(50)38-32-26-20-15-13-18-24-30-36-44(4)5)55-49(52)40-34-28-22-12-10-8-9-11-17-23-29-35-43(2)3/h43-46H,7-42H2,1-6H3/t45?,46-/m1/s1. The first-order valence-electron chi connectivity index (χ1n) is 24.1. The van der Waals surface area contributed by atoms with Crippen LogP contribution in [0.1, 0.15) is 260 Å². The first kappa shape index (κ1) is 53.4. The molecule has 1 unspecified atom stereocenters. The topological polar surface area (TPSA) is 78.9 Å². The van der Waals surface area contributed by atoms with Crippen LogP contribution < -0.4 is 0 Å². The summed E-state index contributed by atoms with van der Waals surface area (Å²) >= 11 is 0. The summed E-state index contributed by atoms with van der Waals surface area (Å²) in [6, 6.07) is 0. The highest BCUT2D eigenvalue weighted by molar-refractivity contribution is 5.71. The maximum Gasteiger partial charge on any atom is 0.306 e. The van der Waals surface area contributed by atoms with E-state index in [0.29, 0.717) is 19.3 Å². The molecule has 6 heteroatoms. The Morgan fingerprint density at radius 1 is 0.364 bits per heavy atom. The van der Waals surface area contributed by atoms with E-state index in [2.05, 4.69) is 41.5 Å². The molecule has 0 N–H and O–H groups in total. The number of hydrogen-bond donors (Lipinski definition) is 0. The molecule has 0 bridgehead atoms. The number of unbranched alkanes of at least 4 members (excludes halogenated alkanes) is 24. The van der Waals surface area contributed by atoms with Crippen molar-refractivity contribution >= 4 is 17.9 Å². The van der Waals surface area contributed by atoms with E-state index in [9.17, 15) is 14.4 Å². The lowest BCUT2D eigenvalue weighted by Gasteiger charge is -2.18. The average molecular weight is 779 g/mol. The zero-order valence-electron chi connectivity index (χ0n) is 37.7. The van der Waals surface area contributed by atoms with Gasteiger partial charge in [-0.1, -0.05) is 221 Å². The van der Waals surface area contributed by atoms with Crippen molar-refractivity contribution in [1.29, 1.82) is 0 Å². The first-order valence-corrected chi connectivity index (χ1v) is 24.1. The number of carbonyl (C=O) groups excluding carboxylic acids is 3. The van der Waals surface area contributed by atoms with Gasteiger partial charge in [-0.3, -0.25) is 14.4 Å². The van der Waals surface area contributed by atoms with Crippen LogP contribution in [-0.2, 0) is 28.6 Å². The molecule has 0 fully saturated rings. The van der Waals surface area contributed by atoms with Gasteiger partial charge in [-0.25, -0.2) is 0 Å². The molecule has 0 aromatic rings. The lowest BCUT2D eigenvalue weighted by atomic mass is 9.99. The number of ether oxygens (including phenoxy) is 3. The van der Waals surface area contributed by atoms with E-state index in [4.69, 9.17) is 14.2 Å². The molecule has 0 heterocycles. The Labute approximate surface area is 342 Å². The molecule has 0 spiro atoms. The number of esters is 3. The van der Waals surface area contributed by atoms with E-state index in [1.54, 1.807) is 0 Å². The summed E-state index contributed by atoms with van der Waals surface area (Å²) < 4.78 is 16.8. The molecule has 2 atom stereocenters. The summed E-state index contributed by atoms with van der Waals surface area (Å²) in [5.41, 5.74) is 0. The van der Waals surface area contributed by atoms with E-state index in [1.807, 2.05) is 0 Å². The second-order valence-corrected chi connectivity index (χ2v) is 17.9. The zero-order chi connectivity index (χ0) is 40.6. The predicted molar refractivity (Wildman–Crippen MR) is 233 cm³/mol. The van der Waals surface area contributed by atoms with Crippen LogP contribution >= 0.6 is 0 Å². The van der Waals surface area contributed by atoms with Gasteiger partial charge < -0.3 is 14.2 Å². The number of hydrogen-bond acceptors (Lipinski definition) is 6. The summed E-state index contributed by atoms with van der Waals surface area (Å²) in [5, 5.41) is 0. The Bertz CT molecular complexity index is 854. The fourth-order valence-corrected chi connectivity index (χ4v) is 7.20. The van der Waals surface area contributed by atoms with Crippen LogP contribution in [0.3, 0.4) is 0 Å². The van der Waals surface area contributed by atoms with Crippen molar-refractivity contribution in [3.8, 4) is 0 Å². The molecule has 55 heavy (non-hydrogen) atoms. The summed E-state index contributed by atoms with van der Waals surface area (Å²) in [4.78, 5) is 37.8. The van der Waals surface area contributed by atoms with Crippen molar-refractivity contribution in [3.63, 3.8) is 0 Å². The van der Waals surface area contributed by atoms with Crippen LogP contribution in [-0.4, -0.2) is 37.2 Å². The third-order valence-electron chi connectivity index (χ3n) is 11.3. The van der Waals surface area contributed by atoms with Crippen LogP contribution in [0.2, 0.25) is 0 Å². The predicted octanol–water partition coefficient (Wildman–Crippen LogP) is 15.2. The minimum atomic E-state index is -0.762. The maximum atomic E-state index is 12.7. The van der Waals surface area contributed by atoms with Gasteiger partial charge in [0.2, 0.25) is 0 Å². The van der Waals surface area contributed by atoms with Gasteiger partial charge in [0.25, 0.3) is 0 Å². The van der Waals surface area contributed by atoms with E-state index >= 15 is 0 Å². The summed E-state index contributed by atoms with van der Waals surface area (Å²) in [6.45, 7) is 13.7. The second kappa shape index (κ2) is 40.6. The molecule has 326 valence electrons. The normalized spacial score (nSPS) is 12.7. The lowest BCUT2D eigenvalue weighted by molar-refractivity contribution is -0.167. The van der Waals surface area contributed by atoms with Crippen molar-refractivity contribution in [2.75, 3.05) is 13.2 Å². The van der Waals surface area contributed by atoms with Gasteiger partial charge in [0.1, 0.15) is 13.2 Å². The Morgan fingerprint density at radius 3 is 0.945 bits per heavy atom. The van der Waals surface area contributed by atoms with Crippen molar-refractivity contribution in [3.05, 3.63) is 0 Å². The molecular weight excluding hydrogens is 685 g/mol. The minimum Gasteiger partial charge on any atom is -0.462 e. The second-order valence-electron chi connectivity index (χ2n) is 17.9. The number of rotatable bonds is 42. The fourth-order valence-electron chi connectivity index (χ4n) is 7.20. The summed E-state index contributed by atoms with van der Waals surface area (Å²) in [7, 11) is 0. The average Bonchev–Trinajstić information content (AvgIpc) is 3.15. The van der Waals surface area contributed by atoms with Gasteiger partial charge in [-0.15, -0.1) is 0 Å². The Kier molecular flexibility index (Phi) is 39.4. The van der Waals surface area contributed by atoms with Crippen LogP contribution in [0.15, 0.2) is 0 Å². The molecule has 6 nitrogen and oxygen atoms in total. The molecule has 0 saturated carbocycles. The molecular formula is C49H94O6. The molecule has 0 rings (SSSR count). The molecule has 0 saturated heterocycles. The van der Waals surface area contributed by atoms with Gasteiger partial charge >= 0.3 is 17.9 Å². The maximum absolute atomic E-state index is 12.7. The summed E-state index contributed by atoms with van der Waals surface area (Å²) in [6.07, 6.45) is 38.0. The largest absolute Gasteiger partial charge is 0.462 e. The third kappa shape index (κ3) is 41.9. The van der Waals surface area contributed by atoms with Crippen molar-refractivity contribution in [2.45, 2.75) is 266 Å². The van der Waals surface area contributed by atoms with Gasteiger partial charge in [0.05, 0.1) is 0 Å². The van der Waals surface area contributed by atoms with E-state index in [0.717, 1.165) is 75.5 Å². The zero-order valence-corrected chi connectivity index (χ0v) is 37.7. The lowest BCUT2D eigenvalue weighted by Crippen LogP contribution is -2.30. The quantitative estimate of drug-likeness (QED) is 0.0349. The minimum absolute atomic E-state index is 0.0661. The van der Waals surface area contributed by atoms with E-state index in [-0.39, 0.29) is 31.1 Å². The Balaban J connectivity index is 4.35. The molecule has 0 aromatic heterocycles. The third-order valence-corrected chi connectivity index (χ3v) is 11.3. The van der Waals surface area contributed by atoms with Gasteiger partial charge in [0.15, 0.2) is 6.10 Å². The molecule has 0 aliphatic heterocycles. The van der Waals surface area contributed by atoms with Crippen molar-refractivity contribution < 1.29 is 28.6 Å². The fraction of sp³-hybridized carbons (Fsp3) is 0.939. The smallest absolute Gasteiger partial charge is 0.306 e. The molecule has 0 aliphatic rings. The van der Waals surface area contributed by atoms with Gasteiger partial charge in [0, 0.05) is 19.3 Å². The Morgan fingerprint density at radius 2 is 0.636 bits per heavy atom. The summed E-state index contributed by atoms with van der Waals surface area (Å²) in [5.74, 6) is 1.61. The highest BCUT2D eigenvalue weighted by Gasteiger charge is 2.19. The molecule has 0 radical (unpaired) electrons. The molecule has 0 amide bonds. The van der Waals surface area contributed by atoms with E-state index < -0.39 is 6.10 Å². The number of carbonyl (C=O) groups is 3.